The van der Waals surface area contributed by atoms with E-state index in [1.807, 2.05) is 24.3 Å². The summed E-state index contributed by atoms with van der Waals surface area (Å²) >= 11 is 0. The van der Waals surface area contributed by atoms with Crippen LogP contribution in [-0.2, 0) is 4.79 Å². The zero-order valence-electron chi connectivity index (χ0n) is 18.2. The van der Waals surface area contributed by atoms with Gasteiger partial charge in [-0.15, -0.1) is 0 Å². The number of carbonyl (C=O) groups is 2. The molecule has 0 aromatic heterocycles. The van der Waals surface area contributed by atoms with E-state index in [1.54, 1.807) is 30.2 Å². The molecule has 3 rings (SSSR count). The molecule has 0 saturated carbocycles. The lowest BCUT2D eigenvalue weighted by Gasteiger charge is -2.24. The first-order valence-corrected chi connectivity index (χ1v) is 10.2. The summed E-state index contributed by atoms with van der Waals surface area (Å²) < 4.78 is 15.6. The van der Waals surface area contributed by atoms with Crippen LogP contribution in [-0.4, -0.2) is 70.8 Å². The summed E-state index contributed by atoms with van der Waals surface area (Å²) in [6, 6.07) is 12.8. The van der Waals surface area contributed by atoms with Crippen LogP contribution in [0.15, 0.2) is 42.5 Å². The number of hydrogen-bond donors (Lipinski definition) is 1. The highest BCUT2D eigenvalue weighted by Gasteiger charge is 2.20. The number of nitrogens with zero attached hydrogens (tertiary/aromatic N) is 2. The normalized spacial score (nSPS) is 13.9. The monoisotopic (exact) mass is 427 g/mol. The third-order valence-corrected chi connectivity index (χ3v) is 5.33. The van der Waals surface area contributed by atoms with E-state index in [0.717, 1.165) is 30.9 Å². The quantitative estimate of drug-likeness (QED) is 0.730. The number of methoxy groups -OCH3 is 3. The topological polar surface area (TPSA) is 80.3 Å². The summed E-state index contributed by atoms with van der Waals surface area (Å²) in [5, 5.41) is 2.71. The molecule has 1 N–H and O–H groups in total. The molecule has 166 valence electrons. The zero-order chi connectivity index (χ0) is 22.2. The molecule has 8 heteroatoms. The van der Waals surface area contributed by atoms with Gasteiger partial charge in [0.2, 0.25) is 5.91 Å². The highest BCUT2D eigenvalue weighted by molar-refractivity contribution is 5.97. The Morgan fingerprint density at radius 1 is 0.871 bits per heavy atom. The molecule has 2 amide bonds. The molecular formula is C23H29N3O5. The van der Waals surface area contributed by atoms with Crippen LogP contribution in [0.4, 0.5) is 5.69 Å². The number of anilines is 1. The fraction of sp³-hybridized carbons (Fsp3) is 0.391. The van der Waals surface area contributed by atoms with Crippen LogP contribution < -0.4 is 24.4 Å². The Labute approximate surface area is 182 Å². The molecule has 1 heterocycles. The zero-order valence-corrected chi connectivity index (χ0v) is 18.2. The van der Waals surface area contributed by atoms with Gasteiger partial charge in [0.05, 0.1) is 27.9 Å². The summed E-state index contributed by atoms with van der Waals surface area (Å²) in [5.74, 6) is 1.41. The van der Waals surface area contributed by atoms with Crippen molar-refractivity contribution in [1.29, 1.82) is 0 Å². The molecule has 8 nitrogen and oxygen atoms in total. The van der Waals surface area contributed by atoms with Crippen LogP contribution in [0, 0.1) is 0 Å². The van der Waals surface area contributed by atoms with E-state index >= 15 is 0 Å². The van der Waals surface area contributed by atoms with E-state index in [-0.39, 0.29) is 18.4 Å². The van der Waals surface area contributed by atoms with Gasteiger partial charge in [0.15, 0.2) is 11.5 Å². The van der Waals surface area contributed by atoms with Crippen LogP contribution in [0.2, 0.25) is 0 Å². The van der Waals surface area contributed by atoms with Crippen LogP contribution in [0.5, 0.6) is 17.2 Å². The van der Waals surface area contributed by atoms with Gasteiger partial charge in [-0.2, -0.15) is 0 Å². The second-order valence-corrected chi connectivity index (χ2v) is 7.17. The van der Waals surface area contributed by atoms with Gasteiger partial charge in [-0.3, -0.25) is 9.59 Å². The number of benzene rings is 2. The van der Waals surface area contributed by atoms with Crippen molar-refractivity contribution in [1.82, 2.24) is 10.2 Å². The fourth-order valence-corrected chi connectivity index (χ4v) is 3.57. The molecule has 0 spiro atoms. The van der Waals surface area contributed by atoms with Gasteiger partial charge in [-0.05, 0) is 48.9 Å². The van der Waals surface area contributed by atoms with E-state index in [4.69, 9.17) is 14.2 Å². The molecule has 0 aliphatic carbocycles. The number of ether oxygens (including phenoxy) is 3. The third kappa shape index (κ3) is 5.59. The maximum absolute atomic E-state index is 12.7. The number of nitrogens with one attached hydrogen (secondary N) is 1. The van der Waals surface area contributed by atoms with Gasteiger partial charge in [0.25, 0.3) is 5.91 Å². The van der Waals surface area contributed by atoms with Crippen LogP contribution in [0.1, 0.15) is 16.8 Å². The molecule has 0 radical (unpaired) electrons. The smallest absolute Gasteiger partial charge is 0.251 e. The minimum absolute atomic E-state index is 0.0459. The molecule has 1 fully saturated rings. The molecule has 1 aliphatic heterocycles. The molecule has 0 bridgehead atoms. The SMILES string of the molecule is COc1ccc(N2CCCN(C(=O)CNC(=O)c3ccc(OC)c(OC)c3)CC2)cc1. The van der Waals surface area contributed by atoms with Crippen LogP contribution in [0.25, 0.3) is 0 Å². The summed E-state index contributed by atoms with van der Waals surface area (Å²) in [7, 11) is 4.69. The van der Waals surface area contributed by atoms with E-state index in [0.29, 0.717) is 30.2 Å². The first-order chi connectivity index (χ1) is 15.0. The first kappa shape index (κ1) is 22.3. The Balaban J connectivity index is 1.53. The van der Waals surface area contributed by atoms with E-state index < -0.39 is 0 Å². The van der Waals surface area contributed by atoms with Crippen molar-refractivity contribution in [3.63, 3.8) is 0 Å². The Bertz CT molecular complexity index is 901. The second kappa shape index (κ2) is 10.6. The number of hydrogen-bond acceptors (Lipinski definition) is 6. The third-order valence-electron chi connectivity index (χ3n) is 5.33. The van der Waals surface area contributed by atoms with Crippen molar-refractivity contribution < 1.29 is 23.8 Å². The lowest BCUT2D eigenvalue weighted by molar-refractivity contribution is -0.129. The molecular weight excluding hydrogens is 398 g/mol. The molecule has 1 saturated heterocycles. The predicted molar refractivity (Wildman–Crippen MR) is 118 cm³/mol. The second-order valence-electron chi connectivity index (χ2n) is 7.17. The minimum atomic E-state index is -0.330. The summed E-state index contributed by atoms with van der Waals surface area (Å²) in [6.07, 6.45) is 0.862. The summed E-state index contributed by atoms with van der Waals surface area (Å²) in [6.45, 7) is 2.83. The highest BCUT2D eigenvalue weighted by atomic mass is 16.5. The average molecular weight is 428 g/mol. The van der Waals surface area contributed by atoms with Crippen molar-refractivity contribution in [3.05, 3.63) is 48.0 Å². The van der Waals surface area contributed by atoms with E-state index in [9.17, 15) is 9.59 Å². The largest absolute Gasteiger partial charge is 0.497 e. The van der Waals surface area contributed by atoms with Gasteiger partial charge in [0, 0.05) is 37.4 Å². The maximum atomic E-state index is 12.7. The predicted octanol–water partition coefficient (Wildman–Crippen LogP) is 2.18. The van der Waals surface area contributed by atoms with Gasteiger partial charge >= 0.3 is 0 Å². The molecule has 1 aliphatic rings. The van der Waals surface area contributed by atoms with Gasteiger partial charge in [0.1, 0.15) is 5.75 Å². The lowest BCUT2D eigenvalue weighted by atomic mass is 10.2. The summed E-state index contributed by atoms with van der Waals surface area (Å²) in [5.41, 5.74) is 1.52. The van der Waals surface area contributed by atoms with Crippen molar-refractivity contribution in [2.45, 2.75) is 6.42 Å². The molecule has 0 atom stereocenters. The van der Waals surface area contributed by atoms with Crippen LogP contribution in [0.3, 0.4) is 0 Å². The maximum Gasteiger partial charge on any atom is 0.251 e. The molecule has 0 unspecified atom stereocenters. The number of carbonyl (C=O) groups excluding carboxylic acids is 2. The fourth-order valence-electron chi connectivity index (χ4n) is 3.57. The van der Waals surface area contributed by atoms with Crippen molar-refractivity contribution in [3.8, 4) is 17.2 Å². The molecule has 2 aromatic rings. The standard InChI is InChI=1S/C23H29N3O5/c1-29-19-8-6-18(7-9-19)25-11-4-12-26(14-13-25)22(27)16-24-23(28)17-5-10-20(30-2)21(15-17)31-3/h5-10,15H,4,11-14,16H2,1-3H3,(H,24,28). The van der Waals surface area contributed by atoms with Gasteiger partial charge < -0.3 is 29.3 Å². The minimum Gasteiger partial charge on any atom is -0.497 e. The number of rotatable bonds is 7. The number of amides is 2. The van der Waals surface area contributed by atoms with Gasteiger partial charge in [-0.25, -0.2) is 0 Å². The summed E-state index contributed by atoms with van der Waals surface area (Å²) in [4.78, 5) is 29.2. The molecule has 31 heavy (non-hydrogen) atoms. The molecule has 2 aromatic carbocycles. The van der Waals surface area contributed by atoms with Crippen molar-refractivity contribution in [2.75, 3.05) is 59.0 Å². The Hall–Kier alpha value is -3.42. The van der Waals surface area contributed by atoms with E-state index in [1.165, 1.54) is 14.2 Å². The first-order valence-electron chi connectivity index (χ1n) is 10.2. The van der Waals surface area contributed by atoms with Crippen molar-refractivity contribution in [2.24, 2.45) is 0 Å². The van der Waals surface area contributed by atoms with E-state index in [2.05, 4.69) is 10.2 Å². The van der Waals surface area contributed by atoms with Crippen LogP contribution >= 0.6 is 0 Å². The lowest BCUT2D eigenvalue weighted by Crippen LogP contribution is -2.42. The Kier molecular flexibility index (Phi) is 7.59. The Morgan fingerprint density at radius 2 is 1.61 bits per heavy atom. The highest BCUT2D eigenvalue weighted by Crippen LogP contribution is 2.27. The van der Waals surface area contributed by atoms with Crippen molar-refractivity contribution >= 4 is 17.5 Å². The Morgan fingerprint density at radius 3 is 2.29 bits per heavy atom. The average Bonchev–Trinajstić information content (AvgIpc) is 3.08. The van der Waals surface area contributed by atoms with Gasteiger partial charge in [-0.1, -0.05) is 0 Å².